The lowest BCUT2D eigenvalue weighted by Gasteiger charge is -2.10. The van der Waals surface area contributed by atoms with Crippen molar-refractivity contribution in [2.45, 2.75) is 32.7 Å². The Hall–Kier alpha value is -1.10. The molecular weight excluding hydrogens is 225 g/mol. The first-order chi connectivity index (χ1) is 8.58. The van der Waals surface area contributed by atoms with Gasteiger partial charge in [-0.3, -0.25) is 0 Å². The summed E-state index contributed by atoms with van der Waals surface area (Å²) in [5.41, 5.74) is 4.10. The van der Waals surface area contributed by atoms with Crippen molar-refractivity contribution < 1.29 is 10.0 Å². The third-order valence-corrected chi connectivity index (χ3v) is 3.27. The minimum atomic E-state index is -1.36. The zero-order valence-electron chi connectivity index (χ0n) is 11.0. The van der Waals surface area contributed by atoms with E-state index in [4.69, 9.17) is 0 Å². The summed E-state index contributed by atoms with van der Waals surface area (Å²) in [5, 5.41) is 21.9. The first-order valence-electron chi connectivity index (χ1n) is 6.49. The Morgan fingerprint density at radius 2 is 2.11 bits per heavy atom. The molecule has 2 rings (SSSR count). The van der Waals surface area contributed by atoms with Crippen LogP contribution in [0.4, 0.5) is 0 Å². The van der Waals surface area contributed by atoms with E-state index in [0.717, 1.165) is 24.9 Å². The van der Waals surface area contributed by atoms with E-state index in [0.29, 0.717) is 11.5 Å². The average Bonchev–Trinajstić information content (AvgIpc) is 2.71. The molecule has 0 bridgehead atoms. The van der Waals surface area contributed by atoms with Crippen molar-refractivity contribution in [3.63, 3.8) is 0 Å². The van der Waals surface area contributed by atoms with Crippen LogP contribution in [0.2, 0.25) is 0 Å². The smallest absolute Gasteiger partial charge is 0.423 e. The summed E-state index contributed by atoms with van der Waals surface area (Å²) in [7, 11) is -1.36. The van der Waals surface area contributed by atoms with Crippen LogP contribution in [0.15, 0.2) is 24.3 Å². The first-order valence-corrected chi connectivity index (χ1v) is 6.49. The molecule has 1 aromatic rings. The molecule has 0 amide bonds. The molecule has 1 aliphatic rings. The van der Waals surface area contributed by atoms with Gasteiger partial charge in [0.25, 0.3) is 0 Å². The van der Waals surface area contributed by atoms with E-state index >= 15 is 0 Å². The quantitative estimate of drug-likeness (QED) is 0.683. The summed E-state index contributed by atoms with van der Waals surface area (Å²) >= 11 is 0. The maximum atomic E-state index is 9.25. The molecule has 0 saturated heterocycles. The third-order valence-electron chi connectivity index (χ3n) is 3.27. The number of allylic oxidation sites excluding steroid dienone is 1. The van der Waals surface area contributed by atoms with Gasteiger partial charge in [-0.15, -0.1) is 0 Å². The maximum absolute atomic E-state index is 9.25. The fourth-order valence-corrected chi connectivity index (χ4v) is 2.33. The summed E-state index contributed by atoms with van der Waals surface area (Å²) in [5.74, 6) is 0. The molecule has 0 spiro atoms. The molecule has 0 unspecified atom stereocenters. The zero-order valence-corrected chi connectivity index (χ0v) is 11.0. The highest BCUT2D eigenvalue weighted by Crippen LogP contribution is 2.28. The average molecular weight is 245 g/mol. The van der Waals surface area contributed by atoms with Crippen LogP contribution in [0.5, 0.6) is 0 Å². The summed E-state index contributed by atoms with van der Waals surface area (Å²) in [6.07, 6.45) is 3.70. The monoisotopic (exact) mass is 245 g/mol. The molecule has 0 aliphatic heterocycles. The Balaban J connectivity index is 2.03. The Morgan fingerprint density at radius 3 is 2.78 bits per heavy atom. The molecule has 18 heavy (non-hydrogen) atoms. The molecule has 0 saturated carbocycles. The number of rotatable bonds is 5. The molecular formula is C14H20BNO2. The van der Waals surface area contributed by atoms with E-state index in [-0.39, 0.29) is 0 Å². The zero-order chi connectivity index (χ0) is 13.1. The van der Waals surface area contributed by atoms with Gasteiger partial charge in [-0.25, -0.2) is 0 Å². The van der Waals surface area contributed by atoms with Gasteiger partial charge < -0.3 is 15.4 Å². The van der Waals surface area contributed by atoms with E-state index in [1.165, 1.54) is 11.1 Å². The van der Waals surface area contributed by atoms with Gasteiger partial charge in [0.05, 0.1) is 0 Å². The third kappa shape index (κ3) is 3.02. The van der Waals surface area contributed by atoms with E-state index in [9.17, 15) is 10.0 Å². The Labute approximate surface area is 109 Å². The van der Waals surface area contributed by atoms with Crippen LogP contribution in [0.1, 0.15) is 30.5 Å². The summed E-state index contributed by atoms with van der Waals surface area (Å²) < 4.78 is 0. The molecule has 4 heteroatoms. The minimum absolute atomic E-state index is 0.511. The van der Waals surface area contributed by atoms with E-state index in [1.54, 1.807) is 0 Å². The first kappa shape index (κ1) is 13.3. The van der Waals surface area contributed by atoms with Crippen molar-refractivity contribution in [2.24, 2.45) is 0 Å². The standard InChI is InChI=1S/C14H20BNO2/c1-10(2)16-8-7-11-3-5-13-12(9-11)4-6-14(13)15(17)18/h3,5-6,9-10,16-18H,4,7-8H2,1-2H3. The van der Waals surface area contributed by atoms with Crippen molar-refractivity contribution in [1.29, 1.82) is 0 Å². The number of benzene rings is 1. The van der Waals surface area contributed by atoms with Crippen LogP contribution < -0.4 is 5.32 Å². The fourth-order valence-electron chi connectivity index (χ4n) is 2.33. The lowest BCUT2D eigenvalue weighted by Crippen LogP contribution is -2.24. The van der Waals surface area contributed by atoms with Gasteiger partial charge in [0.15, 0.2) is 0 Å². The van der Waals surface area contributed by atoms with Gasteiger partial charge in [0, 0.05) is 6.04 Å². The SMILES string of the molecule is CC(C)NCCc1ccc2c(c1)CC=C2B(O)O. The summed E-state index contributed by atoms with van der Waals surface area (Å²) in [6.45, 7) is 5.25. The van der Waals surface area contributed by atoms with Gasteiger partial charge in [0.2, 0.25) is 0 Å². The van der Waals surface area contributed by atoms with Gasteiger partial charge in [-0.2, -0.15) is 0 Å². The van der Waals surface area contributed by atoms with Crippen LogP contribution in [0.25, 0.3) is 5.47 Å². The predicted octanol–water partition coefficient (Wildman–Crippen LogP) is 1.18. The van der Waals surface area contributed by atoms with Crippen molar-refractivity contribution >= 4 is 12.6 Å². The molecule has 0 heterocycles. The molecule has 0 atom stereocenters. The van der Waals surface area contributed by atoms with Gasteiger partial charge in [-0.05, 0) is 41.5 Å². The predicted molar refractivity (Wildman–Crippen MR) is 75.2 cm³/mol. The minimum Gasteiger partial charge on any atom is -0.423 e. The highest BCUT2D eigenvalue weighted by atomic mass is 16.4. The maximum Gasteiger partial charge on any atom is 0.488 e. The molecule has 96 valence electrons. The van der Waals surface area contributed by atoms with Crippen LogP contribution in [-0.2, 0) is 12.8 Å². The fraction of sp³-hybridized carbons (Fsp3) is 0.429. The number of hydrogen-bond acceptors (Lipinski definition) is 3. The van der Waals surface area contributed by atoms with Crippen LogP contribution in [-0.4, -0.2) is 29.8 Å². The second-order valence-corrected chi connectivity index (χ2v) is 5.09. The van der Waals surface area contributed by atoms with Crippen molar-refractivity contribution in [2.75, 3.05) is 6.54 Å². The van der Waals surface area contributed by atoms with Crippen LogP contribution in [0, 0.1) is 0 Å². The van der Waals surface area contributed by atoms with E-state index < -0.39 is 7.12 Å². The Bertz CT molecular complexity index is 455. The van der Waals surface area contributed by atoms with Gasteiger partial charge >= 0.3 is 7.12 Å². The summed E-state index contributed by atoms with van der Waals surface area (Å²) in [4.78, 5) is 0. The van der Waals surface area contributed by atoms with E-state index in [2.05, 4.69) is 31.3 Å². The Kier molecular flexibility index (Phi) is 4.22. The summed E-state index contributed by atoms with van der Waals surface area (Å²) in [6, 6.07) is 6.75. The second-order valence-electron chi connectivity index (χ2n) is 5.09. The molecule has 1 aromatic carbocycles. The molecule has 0 radical (unpaired) electrons. The van der Waals surface area contributed by atoms with Crippen LogP contribution >= 0.6 is 0 Å². The highest BCUT2D eigenvalue weighted by Gasteiger charge is 2.23. The lowest BCUT2D eigenvalue weighted by atomic mass is 9.76. The van der Waals surface area contributed by atoms with Crippen molar-refractivity contribution in [3.05, 3.63) is 41.0 Å². The van der Waals surface area contributed by atoms with E-state index in [1.807, 2.05) is 12.1 Å². The molecule has 1 aliphatic carbocycles. The normalized spacial score (nSPS) is 13.7. The van der Waals surface area contributed by atoms with Crippen molar-refractivity contribution in [1.82, 2.24) is 5.32 Å². The molecule has 0 fully saturated rings. The Morgan fingerprint density at radius 1 is 1.33 bits per heavy atom. The number of fused-ring (bicyclic) bond motifs is 1. The van der Waals surface area contributed by atoms with Crippen molar-refractivity contribution in [3.8, 4) is 0 Å². The highest BCUT2D eigenvalue weighted by molar-refractivity contribution is 6.66. The number of hydrogen-bond donors (Lipinski definition) is 3. The second kappa shape index (κ2) is 5.70. The largest absolute Gasteiger partial charge is 0.488 e. The molecule has 0 aromatic heterocycles. The topological polar surface area (TPSA) is 52.5 Å². The molecule has 3 N–H and O–H groups in total. The molecule has 3 nitrogen and oxygen atoms in total. The van der Waals surface area contributed by atoms with Crippen LogP contribution in [0.3, 0.4) is 0 Å². The lowest BCUT2D eigenvalue weighted by molar-refractivity contribution is 0.427. The van der Waals surface area contributed by atoms with Gasteiger partial charge in [0.1, 0.15) is 0 Å². The van der Waals surface area contributed by atoms with Gasteiger partial charge in [-0.1, -0.05) is 38.1 Å². The number of nitrogens with one attached hydrogen (secondary N) is 1.